The highest BCUT2D eigenvalue weighted by molar-refractivity contribution is 5.89. The predicted molar refractivity (Wildman–Crippen MR) is 52.3 cm³/mol. The van der Waals surface area contributed by atoms with Gasteiger partial charge in [-0.15, -0.1) is 0 Å². The fourth-order valence-electron chi connectivity index (χ4n) is 4.05. The molecule has 0 heterocycles. The molecular weight excluding hydrogens is 196 g/mol. The minimum absolute atomic E-state index is 0.364. The van der Waals surface area contributed by atoms with Crippen molar-refractivity contribution in [1.82, 2.24) is 0 Å². The average Bonchev–Trinajstić information content (AvgIpc) is 2.51. The van der Waals surface area contributed by atoms with Crippen LogP contribution in [-0.2, 0) is 9.59 Å². The van der Waals surface area contributed by atoms with Crippen molar-refractivity contribution in [2.45, 2.75) is 33.6 Å². The van der Waals surface area contributed by atoms with Gasteiger partial charge in [-0.3, -0.25) is 9.59 Å². The molecule has 0 amide bonds. The molecule has 0 saturated heterocycles. The molecule has 4 heteroatoms. The Bertz CT molecular complexity index is 357. The third-order valence-electron chi connectivity index (χ3n) is 5.34. The number of hydrogen-bond acceptors (Lipinski definition) is 2. The van der Waals surface area contributed by atoms with Crippen LogP contribution in [0.25, 0.3) is 0 Å². The number of carboxylic acids is 2. The summed E-state index contributed by atoms with van der Waals surface area (Å²) in [4.78, 5) is 22.6. The molecule has 0 unspecified atom stereocenters. The van der Waals surface area contributed by atoms with Crippen LogP contribution in [0, 0.1) is 22.2 Å². The van der Waals surface area contributed by atoms with Crippen molar-refractivity contribution in [3.63, 3.8) is 0 Å². The molecule has 84 valence electrons. The van der Waals surface area contributed by atoms with Crippen LogP contribution < -0.4 is 0 Å². The van der Waals surface area contributed by atoms with E-state index in [1.165, 1.54) is 0 Å². The van der Waals surface area contributed by atoms with Crippen molar-refractivity contribution in [3.05, 3.63) is 0 Å². The van der Waals surface area contributed by atoms with E-state index in [0.717, 1.165) is 0 Å². The van der Waals surface area contributed by atoms with Crippen LogP contribution in [0.5, 0.6) is 0 Å². The highest BCUT2D eigenvalue weighted by atomic mass is 16.4. The Kier molecular flexibility index (Phi) is 1.65. The third kappa shape index (κ3) is 0.734. The van der Waals surface area contributed by atoms with E-state index >= 15 is 0 Å². The first-order valence-electron chi connectivity index (χ1n) is 5.18. The summed E-state index contributed by atoms with van der Waals surface area (Å²) in [6, 6.07) is 0. The van der Waals surface area contributed by atoms with Gasteiger partial charge < -0.3 is 10.2 Å². The zero-order valence-corrected chi connectivity index (χ0v) is 9.20. The predicted octanol–water partition coefficient (Wildman–Crippen LogP) is 1.60. The lowest BCUT2D eigenvalue weighted by atomic mass is 9.38. The lowest BCUT2D eigenvalue weighted by molar-refractivity contribution is -0.224. The van der Waals surface area contributed by atoms with E-state index in [2.05, 4.69) is 0 Å². The van der Waals surface area contributed by atoms with E-state index in [0.29, 0.717) is 12.8 Å². The van der Waals surface area contributed by atoms with Crippen molar-refractivity contribution in [2.75, 3.05) is 0 Å². The second kappa shape index (κ2) is 2.36. The van der Waals surface area contributed by atoms with Crippen molar-refractivity contribution in [3.8, 4) is 0 Å². The molecule has 0 aromatic carbocycles. The molecule has 3 rings (SSSR count). The molecule has 0 aromatic heterocycles. The SMILES string of the molecule is CC1(C)[C@]2(C)CC[C@@]1(C(=O)O)[C@H]2C(=O)O. The molecule has 3 fully saturated rings. The van der Waals surface area contributed by atoms with Crippen LogP contribution in [0.15, 0.2) is 0 Å². The lowest BCUT2D eigenvalue weighted by Crippen LogP contribution is -2.68. The number of carboxylic acid groups (broad SMARTS) is 2. The smallest absolute Gasteiger partial charge is 0.311 e. The van der Waals surface area contributed by atoms with E-state index < -0.39 is 28.7 Å². The first-order valence-corrected chi connectivity index (χ1v) is 5.18. The normalized spacial score (nSPS) is 45.9. The van der Waals surface area contributed by atoms with Crippen molar-refractivity contribution < 1.29 is 19.8 Å². The van der Waals surface area contributed by atoms with Crippen LogP contribution >= 0.6 is 0 Å². The summed E-state index contributed by atoms with van der Waals surface area (Å²) in [6.07, 6.45) is 1.19. The molecule has 0 aromatic rings. The summed E-state index contributed by atoms with van der Waals surface area (Å²) in [7, 11) is 0. The minimum Gasteiger partial charge on any atom is -0.481 e. The Morgan fingerprint density at radius 1 is 1.13 bits per heavy atom. The van der Waals surface area contributed by atoms with Crippen molar-refractivity contribution in [1.29, 1.82) is 0 Å². The van der Waals surface area contributed by atoms with Crippen LogP contribution in [0.3, 0.4) is 0 Å². The van der Waals surface area contributed by atoms with Crippen molar-refractivity contribution in [2.24, 2.45) is 22.2 Å². The zero-order chi connectivity index (χ0) is 11.6. The molecule has 4 nitrogen and oxygen atoms in total. The quantitative estimate of drug-likeness (QED) is 0.729. The molecule has 3 atom stereocenters. The molecular formula is C11H16O4. The fraction of sp³-hybridized carbons (Fsp3) is 0.818. The van der Waals surface area contributed by atoms with Gasteiger partial charge in [0.05, 0.1) is 11.3 Å². The standard InChI is InChI=1S/C11H16O4/c1-9(2)10(3)4-5-11(9,8(14)15)6(10)7(12)13/h6H,4-5H2,1-3H3,(H,12,13)(H,14,15)/t6-,10+,11-/m0/s1. The molecule has 0 aliphatic heterocycles. The Morgan fingerprint density at radius 3 is 1.93 bits per heavy atom. The Balaban J connectivity index is 2.55. The average molecular weight is 212 g/mol. The Labute approximate surface area is 88.3 Å². The largest absolute Gasteiger partial charge is 0.481 e. The van der Waals surface area contributed by atoms with Crippen LogP contribution in [0.4, 0.5) is 0 Å². The molecule has 3 saturated carbocycles. The maximum absolute atomic E-state index is 11.4. The summed E-state index contributed by atoms with van der Waals surface area (Å²) in [6.45, 7) is 5.67. The number of hydrogen-bond donors (Lipinski definition) is 2. The molecule has 15 heavy (non-hydrogen) atoms. The summed E-state index contributed by atoms with van der Waals surface area (Å²) < 4.78 is 0. The number of aliphatic carboxylic acids is 2. The van der Waals surface area contributed by atoms with Crippen LogP contribution in [-0.4, -0.2) is 22.2 Å². The lowest BCUT2D eigenvalue weighted by Gasteiger charge is -2.63. The van der Waals surface area contributed by atoms with E-state index in [1.54, 1.807) is 0 Å². The van der Waals surface area contributed by atoms with E-state index in [4.69, 9.17) is 5.11 Å². The number of rotatable bonds is 2. The van der Waals surface area contributed by atoms with Gasteiger partial charge in [0.1, 0.15) is 0 Å². The maximum atomic E-state index is 11.4. The van der Waals surface area contributed by atoms with Crippen molar-refractivity contribution >= 4 is 11.9 Å². The number of fused-ring (bicyclic) bond motifs is 1. The summed E-state index contributed by atoms with van der Waals surface area (Å²) >= 11 is 0. The highest BCUT2D eigenvalue weighted by Gasteiger charge is 2.83. The Hall–Kier alpha value is -1.06. The second-order valence-corrected chi connectivity index (χ2v) is 5.59. The summed E-state index contributed by atoms with van der Waals surface area (Å²) in [5.41, 5.74) is -1.83. The monoisotopic (exact) mass is 212 g/mol. The molecule has 2 bridgehead atoms. The second-order valence-electron chi connectivity index (χ2n) is 5.59. The van der Waals surface area contributed by atoms with Gasteiger partial charge in [-0.2, -0.15) is 0 Å². The topological polar surface area (TPSA) is 74.6 Å². The molecule has 2 N–H and O–H groups in total. The minimum atomic E-state index is -1.05. The van der Waals surface area contributed by atoms with Gasteiger partial charge in [0.15, 0.2) is 0 Å². The Morgan fingerprint density at radius 2 is 1.67 bits per heavy atom. The van der Waals surface area contributed by atoms with E-state index in [1.807, 2.05) is 20.8 Å². The van der Waals surface area contributed by atoms with E-state index in [-0.39, 0.29) is 5.41 Å². The molecule has 0 radical (unpaired) electrons. The third-order valence-corrected chi connectivity index (χ3v) is 5.34. The molecule has 3 aliphatic rings. The van der Waals surface area contributed by atoms with Gasteiger partial charge in [0.25, 0.3) is 0 Å². The van der Waals surface area contributed by atoms with Gasteiger partial charge in [0, 0.05) is 0 Å². The van der Waals surface area contributed by atoms with Crippen LogP contribution in [0.1, 0.15) is 33.6 Å². The van der Waals surface area contributed by atoms with Gasteiger partial charge in [-0.05, 0) is 23.7 Å². The fourth-order valence-corrected chi connectivity index (χ4v) is 4.05. The summed E-state index contributed by atoms with van der Waals surface area (Å²) in [5.74, 6) is -2.64. The van der Waals surface area contributed by atoms with Gasteiger partial charge >= 0.3 is 11.9 Å². The highest BCUT2D eigenvalue weighted by Crippen LogP contribution is 2.80. The van der Waals surface area contributed by atoms with Gasteiger partial charge in [-0.1, -0.05) is 20.8 Å². The molecule has 3 aliphatic carbocycles. The summed E-state index contributed by atoms with van der Waals surface area (Å²) in [5, 5.41) is 18.5. The van der Waals surface area contributed by atoms with E-state index in [9.17, 15) is 14.7 Å². The number of carbonyl (C=O) groups is 2. The van der Waals surface area contributed by atoms with Crippen LogP contribution in [0.2, 0.25) is 0 Å². The molecule has 0 spiro atoms. The van der Waals surface area contributed by atoms with Gasteiger partial charge in [0.2, 0.25) is 0 Å². The first kappa shape index (κ1) is 10.5. The maximum Gasteiger partial charge on any atom is 0.311 e. The first-order chi connectivity index (χ1) is 6.72. The van der Waals surface area contributed by atoms with Gasteiger partial charge in [-0.25, -0.2) is 0 Å². The zero-order valence-electron chi connectivity index (χ0n) is 9.20.